The van der Waals surface area contributed by atoms with Crippen LogP contribution in [0.2, 0.25) is 0 Å². The van der Waals surface area contributed by atoms with Crippen LogP contribution in [0.15, 0.2) is 46.8 Å². The lowest BCUT2D eigenvalue weighted by molar-refractivity contribution is -0.145. The lowest BCUT2D eigenvalue weighted by Crippen LogP contribution is -2.39. The summed E-state index contributed by atoms with van der Waals surface area (Å²) in [5, 5.41) is 3.36. The summed E-state index contributed by atoms with van der Waals surface area (Å²) in [7, 11) is 0. The first-order valence-electron chi connectivity index (χ1n) is 11.5. The van der Waals surface area contributed by atoms with Crippen LogP contribution in [0.25, 0.3) is 0 Å². The summed E-state index contributed by atoms with van der Waals surface area (Å²) in [6.45, 7) is 6.03. The number of ether oxygens (including phenoxy) is 1. The molecular formula is C26H32FNO3. The highest BCUT2D eigenvalue weighted by Crippen LogP contribution is 2.47. The molecule has 0 spiro atoms. The number of allylic oxidation sites excluding steroid dienone is 3. The smallest absolute Gasteiger partial charge is 0.337 e. The number of nitrogens with one attached hydrogen (secondary N) is 1. The van der Waals surface area contributed by atoms with Crippen molar-refractivity contribution in [2.75, 3.05) is 0 Å². The molecular weight excluding hydrogens is 393 g/mol. The number of Topliss-reactive ketones (excluding diaryl/α,β-unsaturated/α-hetero) is 1. The van der Waals surface area contributed by atoms with E-state index in [2.05, 4.69) is 19.2 Å². The zero-order chi connectivity index (χ0) is 22.2. The highest BCUT2D eigenvalue weighted by molar-refractivity contribution is 6.04. The molecule has 0 saturated heterocycles. The molecule has 1 N–H and O–H groups in total. The van der Waals surface area contributed by atoms with Crippen LogP contribution in [0, 0.1) is 11.2 Å². The summed E-state index contributed by atoms with van der Waals surface area (Å²) in [5.74, 6) is -1.19. The molecule has 1 aromatic rings. The molecule has 1 aliphatic heterocycles. The van der Waals surface area contributed by atoms with Gasteiger partial charge in [0.1, 0.15) is 11.9 Å². The van der Waals surface area contributed by atoms with Gasteiger partial charge in [-0.3, -0.25) is 4.79 Å². The Bertz CT molecular complexity index is 934. The van der Waals surface area contributed by atoms with Crippen LogP contribution in [0.1, 0.15) is 83.6 Å². The van der Waals surface area contributed by atoms with Gasteiger partial charge in [-0.05, 0) is 62.1 Å². The van der Waals surface area contributed by atoms with Crippen LogP contribution in [0.3, 0.4) is 0 Å². The lowest BCUT2D eigenvalue weighted by Gasteiger charge is -2.39. The minimum atomic E-state index is -0.529. The number of hydrogen-bond acceptors (Lipinski definition) is 4. The average Bonchev–Trinajstić information content (AvgIpc) is 2.95. The third-order valence-corrected chi connectivity index (χ3v) is 6.74. The van der Waals surface area contributed by atoms with Gasteiger partial charge in [0, 0.05) is 29.3 Å². The van der Waals surface area contributed by atoms with Gasteiger partial charge in [0.05, 0.1) is 5.57 Å². The first-order chi connectivity index (χ1) is 14.7. The summed E-state index contributed by atoms with van der Waals surface area (Å²) < 4.78 is 19.6. The Labute approximate surface area is 183 Å². The Morgan fingerprint density at radius 2 is 1.71 bits per heavy atom. The van der Waals surface area contributed by atoms with Crippen molar-refractivity contribution in [2.45, 2.75) is 84.2 Å². The van der Waals surface area contributed by atoms with Gasteiger partial charge >= 0.3 is 5.97 Å². The summed E-state index contributed by atoms with van der Waals surface area (Å²) in [5.41, 5.74) is 3.30. The van der Waals surface area contributed by atoms with Crippen molar-refractivity contribution in [1.82, 2.24) is 5.32 Å². The molecule has 0 aromatic heterocycles. The second kappa shape index (κ2) is 8.60. The molecule has 4 rings (SSSR count). The van der Waals surface area contributed by atoms with E-state index < -0.39 is 5.92 Å². The Morgan fingerprint density at radius 1 is 1.06 bits per heavy atom. The molecule has 1 fully saturated rings. The third kappa shape index (κ3) is 4.60. The fourth-order valence-electron chi connectivity index (χ4n) is 5.27. The molecule has 5 heteroatoms. The molecule has 4 nitrogen and oxygen atoms in total. The number of halogens is 1. The van der Waals surface area contributed by atoms with Crippen LogP contribution < -0.4 is 5.32 Å². The van der Waals surface area contributed by atoms with Gasteiger partial charge in [-0.25, -0.2) is 9.18 Å². The molecule has 0 radical (unpaired) electrons. The second-order valence-electron chi connectivity index (χ2n) is 10.0. The van der Waals surface area contributed by atoms with Gasteiger partial charge in [0.2, 0.25) is 0 Å². The number of rotatable bonds is 3. The molecule has 0 amide bonds. The van der Waals surface area contributed by atoms with E-state index in [4.69, 9.17) is 4.74 Å². The lowest BCUT2D eigenvalue weighted by atomic mass is 9.68. The van der Waals surface area contributed by atoms with Crippen molar-refractivity contribution in [3.63, 3.8) is 0 Å². The van der Waals surface area contributed by atoms with Gasteiger partial charge in [-0.15, -0.1) is 0 Å². The van der Waals surface area contributed by atoms with Crippen LogP contribution in [-0.2, 0) is 14.3 Å². The van der Waals surface area contributed by atoms with E-state index in [1.54, 1.807) is 12.1 Å². The molecule has 1 saturated carbocycles. The fourth-order valence-corrected chi connectivity index (χ4v) is 5.27. The Morgan fingerprint density at radius 3 is 2.35 bits per heavy atom. The van der Waals surface area contributed by atoms with Gasteiger partial charge in [-0.2, -0.15) is 0 Å². The maximum absolute atomic E-state index is 13.7. The predicted octanol–water partition coefficient (Wildman–Crippen LogP) is 5.70. The van der Waals surface area contributed by atoms with E-state index in [0.29, 0.717) is 17.6 Å². The minimum absolute atomic E-state index is 0.0420. The van der Waals surface area contributed by atoms with Crippen molar-refractivity contribution in [3.05, 3.63) is 58.2 Å². The zero-order valence-electron chi connectivity index (χ0n) is 18.7. The summed E-state index contributed by atoms with van der Waals surface area (Å²) in [4.78, 5) is 26.7. The molecule has 3 aliphatic rings. The number of hydrogen-bond donors (Lipinski definition) is 1. The van der Waals surface area contributed by atoms with Crippen molar-refractivity contribution in [2.24, 2.45) is 5.41 Å². The predicted molar refractivity (Wildman–Crippen MR) is 118 cm³/mol. The summed E-state index contributed by atoms with van der Waals surface area (Å²) >= 11 is 0. The first kappa shape index (κ1) is 21.8. The largest absolute Gasteiger partial charge is 0.459 e. The molecule has 166 valence electrons. The Hall–Kier alpha value is -2.43. The molecule has 31 heavy (non-hydrogen) atoms. The van der Waals surface area contributed by atoms with Crippen molar-refractivity contribution in [1.29, 1.82) is 0 Å². The number of esters is 1. The Balaban J connectivity index is 1.73. The average molecular weight is 426 g/mol. The standard InChI is InChI=1S/C26H32FNO3/c1-16-22(25(30)31-19-8-6-4-5-7-9-19)23(17-10-12-18(27)13-11-17)24-20(28-16)14-26(2,3)15-21(24)29/h10-13,19,23,28H,4-9,14-15H2,1-3H3. The molecule has 1 heterocycles. The highest BCUT2D eigenvalue weighted by atomic mass is 19.1. The van der Waals surface area contributed by atoms with Crippen molar-refractivity contribution in [3.8, 4) is 0 Å². The van der Waals surface area contributed by atoms with E-state index in [-0.39, 0.29) is 29.1 Å². The van der Waals surface area contributed by atoms with Gasteiger partial charge in [0.25, 0.3) is 0 Å². The molecule has 2 aliphatic carbocycles. The normalized spacial score (nSPS) is 24.4. The monoisotopic (exact) mass is 425 g/mol. The molecule has 1 aromatic carbocycles. The second-order valence-corrected chi connectivity index (χ2v) is 10.0. The fraction of sp³-hybridized carbons (Fsp3) is 0.538. The molecule has 1 unspecified atom stereocenters. The zero-order valence-corrected chi connectivity index (χ0v) is 18.7. The number of dihydropyridines is 1. The Kier molecular flexibility index (Phi) is 6.05. The number of carbonyl (C=O) groups is 2. The summed E-state index contributed by atoms with van der Waals surface area (Å²) in [6.07, 6.45) is 7.33. The topological polar surface area (TPSA) is 55.4 Å². The van der Waals surface area contributed by atoms with Crippen LogP contribution >= 0.6 is 0 Å². The minimum Gasteiger partial charge on any atom is -0.459 e. The summed E-state index contributed by atoms with van der Waals surface area (Å²) in [6, 6.07) is 6.13. The number of ketones is 1. The SMILES string of the molecule is CC1=C(C(=O)OC2CCCCCC2)C(c2ccc(F)cc2)C2=C(CC(C)(C)CC2=O)N1. The maximum Gasteiger partial charge on any atom is 0.337 e. The number of carbonyl (C=O) groups excluding carboxylic acids is 2. The molecule has 1 atom stereocenters. The van der Waals surface area contributed by atoms with Gasteiger partial charge in [-0.1, -0.05) is 38.8 Å². The van der Waals surface area contributed by atoms with Crippen LogP contribution in [-0.4, -0.2) is 17.9 Å². The molecule has 0 bridgehead atoms. The van der Waals surface area contributed by atoms with Crippen molar-refractivity contribution >= 4 is 11.8 Å². The van der Waals surface area contributed by atoms with Gasteiger partial charge < -0.3 is 10.1 Å². The van der Waals surface area contributed by atoms with Gasteiger partial charge in [0.15, 0.2) is 5.78 Å². The van der Waals surface area contributed by atoms with Crippen LogP contribution in [0.4, 0.5) is 4.39 Å². The van der Waals surface area contributed by atoms with Crippen molar-refractivity contribution < 1.29 is 18.7 Å². The van der Waals surface area contributed by atoms with E-state index in [9.17, 15) is 14.0 Å². The third-order valence-electron chi connectivity index (χ3n) is 6.74. The van der Waals surface area contributed by atoms with E-state index >= 15 is 0 Å². The van der Waals surface area contributed by atoms with E-state index in [1.807, 2.05) is 6.92 Å². The van der Waals surface area contributed by atoms with E-state index in [0.717, 1.165) is 49.1 Å². The highest BCUT2D eigenvalue weighted by Gasteiger charge is 2.43. The van der Waals surface area contributed by atoms with Crippen LogP contribution in [0.5, 0.6) is 0 Å². The quantitative estimate of drug-likeness (QED) is 0.499. The first-order valence-corrected chi connectivity index (χ1v) is 11.5. The number of benzene rings is 1. The maximum atomic E-state index is 13.7. The van der Waals surface area contributed by atoms with E-state index in [1.165, 1.54) is 25.0 Å².